The molecule has 12 heavy (non-hydrogen) atoms. The summed E-state index contributed by atoms with van der Waals surface area (Å²) in [5.41, 5.74) is 7.43. The Labute approximate surface area is 72.1 Å². The van der Waals surface area contributed by atoms with E-state index in [4.69, 9.17) is 15.2 Å². The van der Waals surface area contributed by atoms with Gasteiger partial charge in [0.25, 0.3) is 0 Å². The normalized spacial score (nSPS) is 9.83. The van der Waals surface area contributed by atoms with Crippen molar-refractivity contribution in [1.29, 1.82) is 0 Å². The number of nitrogens with two attached hydrogens (primary N) is 1. The molecule has 0 aliphatic heterocycles. The van der Waals surface area contributed by atoms with Crippen molar-refractivity contribution in [3.8, 4) is 5.75 Å². The van der Waals surface area contributed by atoms with E-state index in [1.807, 2.05) is 25.1 Å². The van der Waals surface area contributed by atoms with Crippen LogP contribution in [-0.2, 0) is 4.74 Å². The molecule has 0 atom stereocenters. The molecule has 1 aromatic carbocycles. The summed E-state index contributed by atoms with van der Waals surface area (Å²) < 4.78 is 9.98. The van der Waals surface area contributed by atoms with Gasteiger partial charge >= 0.3 is 0 Å². The summed E-state index contributed by atoms with van der Waals surface area (Å²) in [7, 11) is 1.59. The number of hydrogen-bond donors (Lipinski definition) is 1. The zero-order valence-corrected chi connectivity index (χ0v) is 7.33. The quantitative estimate of drug-likeness (QED) is 0.549. The van der Waals surface area contributed by atoms with Crippen LogP contribution in [0.15, 0.2) is 18.2 Å². The van der Waals surface area contributed by atoms with E-state index in [-0.39, 0.29) is 6.79 Å². The molecule has 1 rings (SSSR count). The van der Waals surface area contributed by atoms with Gasteiger partial charge in [-0.05, 0) is 30.7 Å². The molecule has 0 unspecified atom stereocenters. The smallest absolute Gasteiger partial charge is 0.188 e. The first-order valence-electron chi connectivity index (χ1n) is 3.72. The first kappa shape index (κ1) is 8.87. The number of nitrogen functional groups attached to an aromatic ring is 1. The lowest BCUT2D eigenvalue weighted by atomic mass is 10.2. The van der Waals surface area contributed by atoms with Crippen LogP contribution in [-0.4, -0.2) is 13.9 Å². The number of aryl methyl sites for hydroxylation is 1. The Hall–Kier alpha value is -1.22. The fraction of sp³-hybridized carbons (Fsp3) is 0.333. The summed E-state index contributed by atoms with van der Waals surface area (Å²) >= 11 is 0. The number of hydrogen-bond acceptors (Lipinski definition) is 3. The minimum Gasteiger partial charge on any atom is -0.468 e. The molecule has 3 heteroatoms. The maximum Gasteiger partial charge on any atom is 0.188 e. The van der Waals surface area contributed by atoms with Crippen LogP contribution in [0.2, 0.25) is 0 Å². The van der Waals surface area contributed by atoms with Crippen LogP contribution in [0.5, 0.6) is 5.75 Å². The highest BCUT2D eigenvalue weighted by molar-refractivity contribution is 5.49. The highest BCUT2D eigenvalue weighted by Gasteiger charge is 1.96. The van der Waals surface area contributed by atoms with E-state index in [1.54, 1.807) is 7.11 Å². The van der Waals surface area contributed by atoms with Crippen molar-refractivity contribution >= 4 is 5.69 Å². The van der Waals surface area contributed by atoms with Gasteiger partial charge in [-0.15, -0.1) is 0 Å². The predicted octanol–water partition coefficient (Wildman–Crippen LogP) is 1.56. The van der Waals surface area contributed by atoms with Crippen LogP contribution in [0.3, 0.4) is 0 Å². The van der Waals surface area contributed by atoms with Gasteiger partial charge in [0.15, 0.2) is 6.79 Å². The zero-order valence-electron chi connectivity index (χ0n) is 7.33. The lowest BCUT2D eigenvalue weighted by Gasteiger charge is -2.06. The Morgan fingerprint density at radius 2 is 2.17 bits per heavy atom. The van der Waals surface area contributed by atoms with Crippen LogP contribution in [0.25, 0.3) is 0 Å². The molecule has 2 N–H and O–H groups in total. The van der Waals surface area contributed by atoms with E-state index >= 15 is 0 Å². The van der Waals surface area contributed by atoms with Gasteiger partial charge in [-0.2, -0.15) is 0 Å². The van der Waals surface area contributed by atoms with E-state index in [1.165, 1.54) is 0 Å². The molecule has 3 nitrogen and oxygen atoms in total. The van der Waals surface area contributed by atoms with Crippen molar-refractivity contribution in [3.63, 3.8) is 0 Å². The molecule has 0 radical (unpaired) electrons. The maximum atomic E-state index is 5.63. The first-order chi connectivity index (χ1) is 5.74. The molecule has 1 aromatic rings. The van der Waals surface area contributed by atoms with Gasteiger partial charge < -0.3 is 15.2 Å². The molecule has 0 spiro atoms. The lowest BCUT2D eigenvalue weighted by Crippen LogP contribution is -1.99. The predicted molar refractivity (Wildman–Crippen MR) is 48.1 cm³/mol. The van der Waals surface area contributed by atoms with Crippen LogP contribution < -0.4 is 10.5 Å². The molecule has 0 bridgehead atoms. The molecule has 0 aromatic heterocycles. The van der Waals surface area contributed by atoms with E-state index < -0.39 is 0 Å². The van der Waals surface area contributed by atoms with Gasteiger partial charge in [0, 0.05) is 12.8 Å². The molecule has 0 heterocycles. The summed E-state index contributed by atoms with van der Waals surface area (Å²) in [5.74, 6) is 0.781. The Morgan fingerprint density at radius 3 is 2.75 bits per heavy atom. The number of methoxy groups -OCH3 is 1. The van der Waals surface area contributed by atoms with E-state index in [9.17, 15) is 0 Å². The first-order valence-corrected chi connectivity index (χ1v) is 3.72. The molecule has 66 valence electrons. The van der Waals surface area contributed by atoms with Gasteiger partial charge in [-0.25, -0.2) is 0 Å². The fourth-order valence-electron chi connectivity index (χ4n) is 0.865. The summed E-state index contributed by atoms with van der Waals surface area (Å²) in [6.07, 6.45) is 0. The highest BCUT2D eigenvalue weighted by Crippen LogP contribution is 2.18. The molecular weight excluding hydrogens is 154 g/mol. The maximum absolute atomic E-state index is 5.63. The number of ether oxygens (including phenoxy) is 2. The number of anilines is 1. The van der Waals surface area contributed by atoms with E-state index in [2.05, 4.69) is 0 Å². The average Bonchev–Trinajstić information content (AvgIpc) is 2.07. The SMILES string of the molecule is COCOc1ccc(N)c(C)c1. The Kier molecular flexibility index (Phi) is 2.94. The van der Waals surface area contributed by atoms with Crippen LogP contribution >= 0.6 is 0 Å². The van der Waals surface area contributed by atoms with Gasteiger partial charge in [0.2, 0.25) is 0 Å². The Bertz CT molecular complexity index is 261. The minimum absolute atomic E-state index is 0.267. The summed E-state index contributed by atoms with van der Waals surface area (Å²) in [6, 6.07) is 5.52. The third-order valence-electron chi connectivity index (χ3n) is 1.58. The van der Waals surface area contributed by atoms with Crippen molar-refractivity contribution < 1.29 is 9.47 Å². The van der Waals surface area contributed by atoms with Crippen molar-refractivity contribution in [1.82, 2.24) is 0 Å². The molecular formula is C9H13NO2. The topological polar surface area (TPSA) is 44.5 Å². The molecule has 0 aliphatic carbocycles. The lowest BCUT2D eigenvalue weighted by molar-refractivity contribution is 0.0511. The van der Waals surface area contributed by atoms with Crippen LogP contribution in [0.4, 0.5) is 5.69 Å². The fourth-order valence-corrected chi connectivity index (χ4v) is 0.865. The Balaban J connectivity index is 2.69. The third kappa shape index (κ3) is 2.13. The monoisotopic (exact) mass is 167 g/mol. The van der Waals surface area contributed by atoms with Gasteiger partial charge in [-0.3, -0.25) is 0 Å². The van der Waals surface area contributed by atoms with Crippen LogP contribution in [0.1, 0.15) is 5.56 Å². The molecule has 0 fully saturated rings. The second kappa shape index (κ2) is 3.97. The van der Waals surface area contributed by atoms with E-state index in [0.717, 1.165) is 17.0 Å². The summed E-state index contributed by atoms with van der Waals surface area (Å²) in [4.78, 5) is 0. The molecule has 0 saturated carbocycles. The van der Waals surface area contributed by atoms with Gasteiger partial charge in [0.1, 0.15) is 5.75 Å². The average molecular weight is 167 g/mol. The van der Waals surface area contributed by atoms with Crippen molar-refractivity contribution in [2.45, 2.75) is 6.92 Å². The van der Waals surface area contributed by atoms with Crippen molar-refractivity contribution in [2.24, 2.45) is 0 Å². The van der Waals surface area contributed by atoms with Gasteiger partial charge in [-0.1, -0.05) is 0 Å². The molecule has 0 amide bonds. The van der Waals surface area contributed by atoms with Gasteiger partial charge in [0.05, 0.1) is 0 Å². The zero-order chi connectivity index (χ0) is 8.97. The van der Waals surface area contributed by atoms with Crippen molar-refractivity contribution in [3.05, 3.63) is 23.8 Å². The second-order valence-corrected chi connectivity index (χ2v) is 2.57. The minimum atomic E-state index is 0.267. The third-order valence-corrected chi connectivity index (χ3v) is 1.58. The number of benzene rings is 1. The van der Waals surface area contributed by atoms with E-state index in [0.29, 0.717) is 0 Å². The molecule has 0 aliphatic rings. The molecule has 0 saturated heterocycles. The van der Waals surface area contributed by atoms with Crippen molar-refractivity contribution in [2.75, 3.05) is 19.6 Å². The second-order valence-electron chi connectivity index (χ2n) is 2.57. The largest absolute Gasteiger partial charge is 0.468 e. The standard InChI is InChI=1S/C9H13NO2/c1-7-5-8(12-6-11-2)3-4-9(7)10/h3-5H,6,10H2,1-2H3. The Morgan fingerprint density at radius 1 is 1.42 bits per heavy atom. The van der Waals surface area contributed by atoms with Crippen LogP contribution in [0, 0.1) is 6.92 Å². The summed E-state index contributed by atoms with van der Waals surface area (Å²) in [6.45, 7) is 2.21. The summed E-state index contributed by atoms with van der Waals surface area (Å²) in [5, 5.41) is 0. The number of rotatable bonds is 3. The highest BCUT2D eigenvalue weighted by atomic mass is 16.7.